The van der Waals surface area contributed by atoms with Gasteiger partial charge < -0.3 is 18.9 Å². The van der Waals surface area contributed by atoms with Crippen LogP contribution in [-0.2, 0) is 29.2 Å². The minimum absolute atomic E-state index is 0.137. The lowest BCUT2D eigenvalue weighted by Gasteiger charge is -2.35. The van der Waals surface area contributed by atoms with E-state index < -0.39 is 62.3 Å². The maximum absolute atomic E-state index is 13.9. The molecule has 0 heterocycles. The molecule has 0 atom stereocenters. The number of halogens is 3. The summed E-state index contributed by atoms with van der Waals surface area (Å²) >= 11 is 0. The van der Waals surface area contributed by atoms with Crippen molar-refractivity contribution in [1.82, 2.24) is 0 Å². The van der Waals surface area contributed by atoms with E-state index >= 15 is 0 Å². The van der Waals surface area contributed by atoms with E-state index in [-0.39, 0.29) is 26.2 Å². The van der Waals surface area contributed by atoms with Gasteiger partial charge in [-0.1, -0.05) is 12.1 Å². The van der Waals surface area contributed by atoms with Gasteiger partial charge in [-0.2, -0.15) is 13.2 Å². The number of alkyl halides is 3. The number of esters is 2. The lowest BCUT2D eigenvalue weighted by atomic mass is 10.2. The number of hydrogen-bond donors (Lipinski definition) is 0. The van der Waals surface area contributed by atoms with E-state index in [1.807, 2.05) is 0 Å². The van der Waals surface area contributed by atoms with Crippen molar-refractivity contribution in [2.24, 2.45) is 0 Å². The minimum Gasteiger partial charge on any atom is -0.482 e. The van der Waals surface area contributed by atoms with Crippen LogP contribution in [0.5, 0.6) is 11.5 Å². The van der Waals surface area contributed by atoms with Gasteiger partial charge in [-0.3, -0.25) is 3.63 Å². The van der Waals surface area contributed by atoms with Crippen LogP contribution < -0.4 is 9.47 Å². The predicted octanol–water partition coefficient (Wildman–Crippen LogP) is 7.58. The number of carbonyl (C=O) groups is 2. The Morgan fingerprint density at radius 1 is 0.674 bits per heavy atom. The standard InChI is InChI=1S/C32H37F3O9S2/c1-22-9-8-10-27(19-22)45(44-46(38,39)32(33,34)35,25-15-11-23(12-16-25)40-20-28(36)42-30(2,3)4)26-17-13-24(14-18-26)41-21-29(37)43-31(5,6)7/h8-19H,20-21H2,1-7H3/p+1. The van der Waals surface area contributed by atoms with Crippen molar-refractivity contribution >= 4 is 32.4 Å². The second-order valence-electron chi connectivity index (χ2n) is 12.1. The van der Waals surface area contributed by atoms with Gasteiger partial charge in [0.15, 0.2) is 13.2 Å². The second kappa shape index (κ2) is 13.9. The number of ether oxygens (including phenoxy) is 4. The third kappa shape index (κ3) is 9.87. The van der Waals surface area contributed by atoms with E-state index in [2.05, 4.69) is 3.63 Å². The maximum atomic E-state index is 13.9. The van der Waals surface area contributed by atoms with E-state index in [9.17, 15) is 31.2 Å². The third-order valence-corrected chi connectivity index (χ3v) is 10.8. The summed E-state index contributed by atoms with van der Waals surface area (Å²) in [5, 5.41) is 0. The van der Waals surface area contributed by atoms with Gasteiger partial charge in [-0.25, -0.2) is 9.59 Å². The average molecular weight is 688 g/mol. The summed E-state index contributed by atoms with van der Waals surface area (Å²) in [7, 11) is -9.55. The Bertz CT molecular complexity index is 1550. The highest BCUT2D eigenvalue weighted by molar-refractivity contribution is 8.32. The Hall–Kier alpha value is -3.75. The van der Waals surface area contributed by atoms with Gasteiger partial charge in [0.1, 0.15) is 22.7 Å². The second-order valence-corrected chi connectivity index (χ2v) is 16.7. The molecule has 9 nitrogen and oxygen atoms in total. The molecule has 0 fully saturated rings. The Morgan fingerprint density at radius 2 is 1.09 bits per heavy atom. The molecule has 0 unspecified atom stereocenters. The maximum Gasteiger partial charge on any atom is 0.572 e. The monoisotopic (exact) mass is 687 g/mol. The molecule has 14 heteroatoms. The Balaban J connectivity index is 2.11. The lowest BCUT2D eigenvalue weighted by Crippen LogP contribution is -2.30. The van der Waals surface area contributed by atoms with Gasteiger partial charge >= 0.3 is 27.6 Å². The van der Waals surface area contributed by atoms with Crippen LogP contribution in [-0.4, -0.2) is 53.9 Å². The topological polar surface area (TPSA) is 118 Å². The molecule has 3 aromatic rings. The van der Waals surface area contributed by atoms with Gasteiger partial charge in [0.25, 0.3) is 0 Å². The molecule has 0 spiro atoms. The van der Waals surface area contributed by atoms with Crippen LogP contribution in [0.3, 0.4) is 0 Å². The van der Waals surface area contributed by atoms with E-state index in [1.165, 1.54) is 54.6 Å². The molecule has 1 N–H and O–H groups in total. The van der Waals surface area contributed by atoms with Crippen molar-refractivity contribution in [2.45, 2.75) is 79.9 Å². The third-order valence-electron chi connectivity index (χ3n) is 5.72. The van der Waals surface area contributed by atoms with Gasteiger partial charge in [0.2, 0.25) is 0 Å². The van der Waals surface area contributed by atoms with Crippen LogP contribution in [0.15, 0.2) is 87.5 Å². The Kier molecular flexibility index (Phi) is 11.1. The minimum atomic E-state index is -6.03. The summed E-state index contributed by atoms with van der Waals surface area (Å²) < 4.78 is 92.4. The molecule has 0 amide bonds. The molecule has 0 aliphatic carbocycles. The van der Waals surface area contributed by atoms with Crippen molar-refractivity contribution < 1.29 is 53.8 Å². The fourth-order valence-corrected chi connectivity index (χ4v) is 9.07. The summed E-state index contributed by atoms with van der Waals surface area (Å²) in [6, 6.07) is 17.7. The Labute approximate surface area is 268 Å². The summed E-state index contributed by atoms with van der Waals surface area (Å²) in [6.07, 6.45) is 0. The first kappa shape index (κ1) is 36.7. The zero-order valence-electron chi connectivity index (χ0n) is 26.5. The van der Waals surface area contributed by atoms with E-state index in [1.54, 1.807) is 66.7 Å². The molecule has 0 saturated carbocycles. The summed E-state index contributed by atoms with van der Waals surface area (Å²) in [5.41, 5.74) is -6.49. The zero-order chi connectivity index (χ0) is 34.6. The summed E-state index contributed by atoms with van der Waals surface area (Å²) in [5.74, 6) is -0.874. The molecule has 0 saturated heterocycles. The van der Waals surface area contributed by atoms with E-state index in [4.69, 9.17) is 18.9 Å². The first-order valence-electron chi connectivity index (χ1n) is 14.0. The SMILES string of the molecule is Cc1cccc(S([OH+]S(=O)(=O)C(F)(F)F)(c2ccc(OCC(=O)OC(C)(C)C)cc2)c2ccc(OCC(=O)OC(C)(C)C)cc2)c1. The fourth-order valence-electron chi connectivity index (χ4n) is 4.02. The van der Waals surface area contributed by atoms with Gasteiger partial charge in [0, 0.05) is 0 Å². The molecule has 46 heavy (non-hydrogen) atoms. The molecular formula is C32H38F3O9S2+. The van der Waals surface area contributed by atoms with E-state index in [0.29, 0.717) is 5.56 Å². The van der Waals surface area contributed by atoms with Crippen molar-refractivity contribution in [2.75, 3.05) is 13.2 Å². The number of benzene rings is 3. The van der Waals surface area contributed by atoms with Crippen molar-refractivity contribution in [3.05, 3.63) is 78.4 Å². The number of aryl methyl sites for hydroxylation is 1. The van der Waals surface area contributed by atoms with Crippen LogP contribution in [0.25, 0.3) is 0 Å². The zero-order valence-corrected chi connectivity index (χ0v) is 28.1. The fraction of sp³-hybridized carbons (Fsp3) is 0.375. The molecule has 0 aromatic heterocycles. The number of rotatable bonds is 11. The van der Waals surface area contributed by atoms with Crippen LogP contribution in [0.4, 0.5) is 13.2 Å². The van der Waals surface area contributed by atoms with E-state index in [0.717, 1.165) is 0 Å². The number of carbonyl (C=O) groups excluding carboxylic acids is 2. The van der Waals surface area contributed by atoms with Crippen LogP contribution in [0, 0.1) is 6.92 Å². The van der Waals surface area contributed by atoms with Gasteiger partial charge in [-0.15, -0.1) is 8.42 Å². The highest BCUT2D eigenvalue weighted by Crippen LogP contribution is 2.69. The van der Waals surface area contributed by atoms with Gasteiger partial charge in [0.05, 0.1) is 25.0 Å². The lowest BCUT2D eigenvalue weighted by molar-refractivity contribution is -0.158. The summed E-state index contributed by atoms with van der Waals surface area (Å²) in [4.78, 5) is 24.7. The molecule has 0 aliphatic rings. The number of hydrogen-bond acceptors (Lipinski definition) is 8. The van der Waals surface area contributed by atoms with Crippen LogP contribution in [0.2, 0.25) is 0 Å². The normalized spacial score (nSPS) is 13.1. The van der Waals surface area contributed by atoms with Crippen molar-refractivity contribution in [3.8, 4) is 11.5 Å². The molecular weight excluding hydrogens is 649 g/mol. The molecule has 3 rings (SSSR count). The first-order valence-corrected chi connectivity index (χ1v) is 17.0. The van der Waals surface area contributed by atoms with Gasteiger partial charge in [-0.05, 0) is 115 Å². The quantitative estimate of drug-likeness (QED) is 0.0877. The molecule has 0 radical (unpaired) electrons. The molecule has 0 aliphatic heterocycles. The summed E-state index contributed by atoms with van der Waals surface area (Å²) in [6.45, 7) is 11.1. The molecule has 0 bridgehead atoms. The first-order chi connectivity index (χ1) is 21.1. The van der Waals surface area contributed by atoms with Crippen molar-refractivity contribution in [1.29, 1.82) is 0 Å². The smallest absolute Gasteiger partial charge is 0.482 e. The highest BCUT2D eigenvalue weighted by atomic mass is 32.3. The molecule has 3 aromatic carbocycles. The molecule has 252 valence electrons. The van der Waals surface area contributed by atoms with Crippen molar-refractivity contribution in [3.63, 3.8) is 0 Å². The van der Waals surface area contributed by atoms with Crippen LogP contribution in [0.1, 0.15) is 47.1 Å². The predicted molar refractivity (Wildman–Crippen MR) is 167 cm³/mol. The largest absolute Gasteiger partial charge is 0.572 e. The Morgan fingerprint density at radius 3 is 1.43 bits per heavy atom. The highest BCUT2D eigenvalue weighted by Gasteiger charge is 2.58. The average Bonchev–Trinajstić information content (AvgIpc) is 2.92. The van der Waals surface area contributed by atoms with Crippen LogP contribution >= 0.6 is 10.3 Å².